The van der Waals surface area contributed by atoms with Crippen LogP contribution < -0.4 is 5.32 Å². The van der Waals surface area contributed by atoms with Crippen LogP contribution in [0.4, 0.5) is 19.0 Å². The normalized spacial score (nSPS) is 11.7. The van der Waals surface area contributed by atoms with Crippen LogP contribution in [0, 0.1) is 20.8 Å². The first-order valence-corrected chi connectivity index (χ1v) is 9.22. The molecule has 166 valence electrons. The molecule has 0 atom stereocenters. The van der Waals surface area contributed by atoms with Crippen LogP contribution in [0.25, 0.3) is 5.78 Å². The van der Waals surface area contributed by atoms with E-state index in [1.165, 1.54) is 4.68 Å². The van der Waals surface area contributed by atoms with Crippen LogP contribution in [0.1, 0.15) is 34.9 Å². The highest BCUT2D eigenvalue weighted by atomic mass is 19.4. The maximum Gasteiger partial charge on any atom is 0.453 e. The number of hydrogen-bond acceptors (Lipinski definition) is 7. The molecule has 0 bridgehead atoms. The molecule has 1 N–H and O–H groups in total. The third kappa shape index (κ3) is 4.98. The number of hydrogen-bond donors (Lipinski definition) is 1. The topological polar surface area (TPSA) is 116 Å². The van der Waals surface area contributed by atoms with Crippen molar-refractivity contribution in [3.63, 3.8) is 0 Å². The van der Waals surface area contributed by atoms with E-state index < -0.39 is 30.5 Å². The number of carbonyl (C=O) groups is 2. The van der Waals surface area contributed by atoms with Crippen molar-refractivity contribution in [2.45, 2.75) is 39.8 Å². The molecule has 13 heteroatoms. The number of nitrogens with one attached hydrogen (secondary N) is 1. The summed E-state index contributed by atoms with van der Waals surface area (Å²) in [6.07, 6.45) is -4.62. The summed E-state index contributed by atoms with van der Waals surface area (Å²) in [5.41, 5.74) is 2.10. The Bertz CT molecular complexity index is 1150. The molecule has 0 unspecified atom stereocenters. The second-order valence-electron chi connectivity index (χ2n) is 6.91. The first kappa shape index (κ1) is 22.2. The van der Waals surface area contributed by atoms with Crippen molar-refractivity contribution < 1.29 is 27.5 Å². The number of aromatic nitrogens is 6. The molecule has 0 aliphatic carbocycles. The number of anilines is 1. The lowest BCUT2D eigenvalue weighted by molar-refractivity contribution is -0.147. The van der Waals surface area contributed by atoms with Crippen LogP contribution in [0.2, 0.25) is 0 Å². The van der Waals surface area contributed by atoms with E-state index in [4.69, 9.17) is 4.74 Å². The lowest BCUT2D eigenvalue weighted by Gasteiger charge is -2.10. The standard InChI is InChI=1S/C18H20F3N7O3/c1-9-7-13(27(4)25-9)23-14(29)8-31-15(30)6-5-12-10(2)22-17-24-16(18(19,20)21)26-28(17)11(12)3/h7H,5-6,8H2,1-4H3,(H,23,29). The summed E-state index contributed by atoms with van der Waals surface area (Å²) in [6, 6.07) is 1.67. The van der Waals surface area contributed by atoms with Gasteiger partial charge in [0, 0.05) is 30.9 Å². The predicted octanol–water partition coefficient (Wildman–Crippen LogP) is 1.92. The van der Waals surface area contributed by atoms with Crippen LogP contribution in [0.3, 0.4) is 0 Å². The third-order valence-electron chi connectivity index (χ3n) is 4.52. The lowest BCUT2D eigenvalue weighted by Crippen LogP contribution is -2.22. The Balaban J connectivity index is 1.60. The Labute approximate surface area is 174 Å². The second-order valence-corrected chi connectivity index (χ2v) is 6.91. The molecular formula is C18H20F3N7O3. The Hall–Kier alpha value is -3.51. The number of nitrogens with zero attached hydrogens (tertiary/aromatic N) is 6. The van der Waals surface area contributed by atoms with Crippen LogP contribution in [-0.2, 0) is 34.0 Å². The van der Waals surface area contributed by atoms with Crippen LogP contribution in [-0.4, -0.2) is 47.8 Å². The van der Waals surface area contributed by atoms with Gasteiger partial charge >= 0.3 is 12.1 Å². The van der Waals surface area contributed by atoms with Gasteiger partial charge in [-0.2, -0.15) is 23.3 Å². The number of halogens is 3. The molecule has 0 aliphatic rings. The number of carbonyl (C=O) groups excluding carboxylic acids is 2. The minimum absolute atomic E-state index is 0.0895. The maximum atomic E-state index is 12.9. The second kappa shape index (κ2) is 8.32. The molecule has 0 aromatic carbocycles. The van der Waals surface area contributed by atoms with E-state index in [0.717, 1.165) is 10.2 Å². The van der Waals surface area contributed by atoms with Gasteiger partial charge in [-0.05, 0) is 32.8 Å². The molecule has 0 saturated heterocycles. The highest BCUT2D eigenvalue weighted by molar-refractivity contribution is 5.92. The van der Waals surface area contributed by atoms with Crippen molar-refractivity contribution in [3.05, 3.63) is 34.5 Å². The molecule has 10 nitrogen and oxygen atoms in total. The fraction of sp³-hybridized carbons (Fsp3) is 0.444. The molecule has 0 spiro atoms. The van der Waals surface area contributed by atoms with Crippen LogP contribution >= 0.6 is 0 Å². The molecule has 3 rings (SSSR count). The zero-order valence-electron chi connectivity index (χ0n) is 17.2. The molecule has 1 amide bonds. The number of fused-ring (bicyclic) bond motifs is 1. The van der Waals surface area contributed by atoms with Gasteiger partial charge in [-0.25, -0.2) is 9.50 Å². The molecular weight excluding hydrogens is 419 g/mol. The first-order valence-electron chi connectivity index (χ1n) is 9.22. The summed E-state index contributed by atoms with van der Waals surface area (Å²) in [6.45, 7) is 4.48. The summed E-state index contributed by atoms with van der Waals surface area (Å²) in [7, 11) is 1.66. The van der Waals surface area contributed by atoms with Gasteiger partial charge in [0.15, 0.2) is 6.61 Å². The van der Waals surface area contributed by atoms with Gasteiger partial charge in [0.25, 0.3) is 17.5 Å². The smallest absolute Gasteiger partial charge is 0.453 e. The summed E-state index contributed by atoms with van der Waals surface area (Å²) >= 11 is 0. The Morgan fingerprint density at radius 3 is 2.48 bits per heavy atom. The monoisotopic (exact) mass is 439 g/mol. The molecule has 31 heavy (non-hydrogen) atoms. The van der Waals surface area contributed by atoms with Gasteiger partial charge in [-0.1, -0.05) is 0 Å². The van der Waals surface area contributed by atoms with Gasteiger partial charge < -0.3 is 10.1 Å². The minimum atomic E-state index is -4.69. The maximum absolute atomic E-state index is 12.9. The van der Waals surface area contributed by atoms with Gasteiger partial charge in [0.05, 0.1) is 5.69 Å². The number of amides is 1. The molecule has 0 aliphatic heterocycles. The van der Waals surface area contributed by atoms with Crippen molar-refractivity contribution in [2.75, 3.05) is 11.9 Å². The Morgan fingerprint density at radius 2 is 1.87 bits per heavy atom. The van der Waals surface area contributed by atoms with Gasteiger partial charge in [0.2, 0.25) is 0 Å². The van der Waals surface area contributed by atoms with Crippen molar-refractivity contribution >= 4 is 23.5 Å². The van der Waals surface area contributed by atoms with Crippen molar-refractivity contribution in [1.82, 2.24) is 29.4 Å². The Kier molecular flexibility index (Phi) is 5.95. The Morgan fingerprint density at radius 1 is 1.16 bits per heavy atom. The van der Waals surface area contributed by atoms with E-state index in [1.54, 1.807) is 33.9 Å². The molecule has 0 saturated carbocycles. The van der Waals surface area contributed by atoms with Crippen molar-refractivity contribution in [3.8, 4) is 0 Å². The SMILES string of the molecule is Cc1cc(NC(=O)COC(=O)CCc2c(C)nc3nc(C(F)(F)F)nn3c2C)n(C)n1. The average molecular weight is 439 g/mol. The molecule has 3 aromatic rings. The number of esters is 1. The fourth-order valence-corrected chi connectivity index (χ4v) is 3.04. The minimum Gasteiger partial charge on any atom is -0.456 e. The highest BCUT2D eigenvalue weighted by Crippen LogP contribution is 2.27. The van der Waals surface area contributed by atoms with E-state index in [1.807, 2.05) is 0 Å². The molecule has 3 heterocycles. The summed E-state index contributed by atoms with van der Waals surface area (Å²) in [5.74, 6) is -2.14. The van der Waals surface area contributed by atoms with E-state index in [0.29, 0.717) is 22.8 Å². The van der Waals surface area contributed by atoms with E-state index in [2.05, 4.69) is 25.5 Å². The molecule has 0 radical (unpaired) electrons. The lowest BCUT2D eigenvalue weighted by atomic mass is 10.1. The number of alkyl halides is 3. The predicted molar refractivity (Wildman–Crippen MR) is 101 cm³/mol. The van der Waals surface area contributed by atoms with Crippen molar-refractivity contribution in [2.24, 2.45) is 7.05 Å². The fourth-order valence-electron chi connectivity index (χ4n) is 3.04. The first-order chi connectivity index (χ1) is 14.5. The van der Waals surface area contributed by atoms with E-state index in [9.17, 15) is 22.8 Å². The largest absolute Gasteiger partial charge is 0.456 e. The third-order valence-corrected chi connectivity index (χ3v) is 4.52. The zero-order valence-corrected chi connectivity index (χ0v) is 17.2. The summed E-state index contributed by atoms with van der Waals surface area (Å²) in [5, 5.41) is 10.1. The number of rotatable bonds is 6. The van der Waals surface area contributed by atoms with E-state index >= 15 is 0 Å². The molecule has 0 fully saturated rings. The van der Waals surface area contributed by atoms with Crippen molar-refractivity contribution in [1.29, 1.82) is 0 Å². The van der Waals surface area contributed by atoms with E-state index in [-0.39, 0.29) is 18.6 Å². The summed E-state index contributed by atoms with van der Waals surface area (Å²) < 4.78 is 46.0. The van der Waals surface area contributed by atoms with Crippen LogP contribution in [0.5, 0.6) is 0 Å². The van der Waals surface area contributed by atoms with Crippen LogP contribution in [0.15, 0.2) is 6.07 Å². The van der Waals surface area contributed by atoms with Gasteiger partial charge in [0.1, 0.15) is 5.82 Å². The van der Waals surface area contributed by atoms with Gasteiger partial charge in [-0.3, -0.25) is 14.3 Å². The zero-order chi connectivity index (χ0) is 22.9. The number of aryl methyl sites for hydroxylation is 4. The quantitative estimate of drug-likeness (QED) is 0.583. The average Bonchev–Trinajstić information content (AvgIpc) is 3.22. The highest BCUT2D eigenvalue weighted by Gasteiger charge is 2.37. The van der Waals surface area contributed by atoms with Gasteiger partial charge in [-0.15, -0.1) is 5.10 Å². The number of ether oxygens (including phenoxy) is 1. The summed E-state index contributed by atoms with van der Waals surface area (Å²) in [4.78, 5) is 31.4. The molecule has 3 aromatic heterocycles.